The molecular weight excluding hydrogens is 245 g/mol. The first-order valence-corrected chi connectivity index (χ1v) is 6.63. The van der Waals surface area contributed by atoms with Gasteiger partial charge >= 0.3 is 0 Å². The van der Waals surface area contributed by atoms with Crippen molar-refractivity contribution in [2.24, 2.45) is 10.8 Å². The molecule has 1 fully saturated rings. The Kier molecular flexibility index (Phi) is 4.74. The van der Waals surface area contributed by atoms with Crippen LogP contribution in [-0.4, -0.2) is 19.0 Å². The smallest absolute Gasteiger partial charge is 0.145 e. The molecule has 5 heteroatoms. The second kappa shape index (κ2) is 6.52. The molecule has 0 amide bonds. The van der Waals surface area contributed by atoms with Gasteiger partial charge in [-0.1, -0.05) is 19.3 Å². The molecule has 4 nitrogen and oxygen atoms in total. The second-order valence-electron chi connectivity index (χ2n) is 4.76. The maximum Gasteiger partial charge on any atom is 0.145 e. The average molecular weight is 265 g/mol. The number of hydrogen-bond donors (Lipinski definition) is 2. The molecule has 0 radical (unpaired) electrons. The van der Waals surface area contributed by atoms with Crippen molar-refractivity contribution in [1.82, 2.24) is 5.43 Å². The second-order valence-corrected chi connectivity index (χ2v) is 4.76. The van der Waals surface area contributed by atoms with E-state index in [0.717, 1.165) is 12.8 Å². The van der Waals surface area contributed by atoms with Crippen LogP contribution in [0.5, 0.6) is 5.75 Å². The summed E-state index contributed by atoms with van der Waals surface area (Å²) >= 11 is 0. The zero-order chi connectivity index (χ0) is 13.7. The van der Waals surface area contributed by atoms with E-state index in [9.17, 15) is 4.39 Å². The molecule has 1 aliphatic carbocycles. The molecule has 1 aliphatic rings. The third-order valence-electron chi connectivity index (χ3n) is 3.45. The number of rotatable bonds is 3. The van der Waals surface area contributed by atoms with E-state index in [0.29, 0.717) is 17.1 Å². The van der Waals surface area contributed by atoms with Gasteiger partial charge in [0.1, 0.15) is 17.4 Å². The van der Waals surface area contributed by atoms with Gasteiger partial charge in [0.05, 0.1) is 18.7 Å². The minimum Gasteiger partial charge on any atom is -0.497 e. The highest BCUT2D eigenvalue weighted by molar-refractivity contribution is 5.98. The first-order valence-electron chi connectivity index (χ1n) is 6.63. The third kappa shape index (κ3) is 3.44. The summed E-state index contributed by atoms with van der Waals surface area (Å²) in [5.74, 6) is 5.99. The summed E-state index contributed by atoms with van der Waals surface area (Å²) in [4.78, 5) is 4.54. The predicted octanol–water partition coefficient (Wildman–Crippen LogP) is 2.38. The molecule has 0 atom stereocenters. The van der Waals surface area contributed by atoms with Crippen molar-refractivity contribution in [2.45, 2.75) is 38.1 Å². The monoisotopic (exact) mass is 265 g/mol. The highest BCUT2D eigenvalue weighted by Gasteiger charge is 2.15. The van der Waals surface area contributed by atoms with Crippen molar-refractivity contribution < 1.29 is 9.13 Å². The van der Waals surface area contributed by atoms with Crippen LogP contribution in [0.3, 0.4) is 0 Å². The van der Waals surface area contributed by atoms with Gasteiger partial charge in [-0.05, 0) is 25.0 Å². The Morgan fingerprint density at radius 1 is 1.37 bits per heavy atom. The SMILES string of the molecule is COc1ccc(C(=NC2CCCCC2)NN)c(F)c1. The standard InChI is InChI=1S/C14H20FN3O/c1-19-11-7-8-12(13(15)9-11)14(18-16)17-10-5-3-2-4-6-10/h7-10H,2-6,16H2,1H3,(H,17,18). The summed E-state index contributed by atoms with van der Waals surface area (Å²) in [6.07, 6.45) is 5.70. The highest BCUT2D eigenvalue weighted by Crippen LogP contribution is 2.22. The maximum atomic E-state index is 14.0. The molecule has 104 valence electrons. The Bertz CT molecular complexity index is 456. The fraction of sp³-hybridized carbons (Fsp3) is 0.500. The average Bonchev–Trinajstić information content (AvgIpc) is 2.46. The number of nitrogens with zero attached hydrogens (tertiary/aromatic N) is 1. The van der Waals surface area contributed by atoms with Crippen LogP contribution in [0, 0.1) is 5.82 Å². The van der Waals surface area contributed by atoms with Gasteiger partial charge in [-0.25, -0.2) is 10.2 Å². The highest BCUT2D eigenvalue weighted by atomic mass is 19.1. The number of ether oxygens (including phenoxy) is 1. The number of nitrogens with one attached hydrogen (secondary N) is 1. The number of amidine groups is 1. The lowest BCUT2D eigenvalue weighted by atomic mass is 9.96. The summed E-state index contributed by atoms with van der Waals surface area (Å²) in [7, 11) is 1.51. The molecule has 0 heterocycles. The molecule has 0 bridgehead atoms. The summed E-state index contributed by atoms with van der Waals surface area (Å²) in [6.45, 7) is 0. The lowest BCUT2D eigenvalue weighted by Gasteiger charge is -2.19. The zero-order valence-corrected chi connectivity index (χ0v) is 11.2. The van der Waals surface area contributed by atoms with Crippen LogP contribution in [0.25, 0.3) is 0 Å². The van der Waals surface area contributed by atoms with Gasteiger partial charge in [0, 0.05) is 6.07 Å². The molecule has 0 unspecified atom stereocenters. The van der Waals surface area contributed by atoms with Gasteiger partial charge in [0.2, 0.25) is 0 Å². The van der Waals surface area contributed by atoms with E-state index in [2.05, 4.69) is 10.4 Å². The first-order chi connectivity index (χ1) is 9.24. The van der Waals surface area contributed by atoms with Crippen molar-refractivity contribution in [2.75, 3.05) is 7.11 Å². The molecule has 2 rings (SSSR count). The molecule has 0 aromatic heterocycles. The number of hydrazine groups is 1. The fourth-order valence-electron chi connectivity index (χ4n) is 2.39. The number of benzene rings is 1. The van der Waals surface area contributed by atoms with Crippen molar-refractivity contribution in [3.8, 4) is 5.75 Å². The van der Waals surface area contributed by atoms with Crippen molar-refractivity contribution in [3.63, 3.8) is 0 Å². The molecule has 1 saturated carbocycles. The van der Waals surface area contributed by atoms with Crippen LogP contribution in [0.2, 0.25) is 0 Å². The van der Waals surface area contributed by atoms with Crippen LogP contribution in [0.1, 0.15) is 37.7 Å². The minimum absolute atomic E-state index is 0.237. The molecular formula is C14H20FN3O. The number of aliphatic imine (C=N–C) groups is 1. The third-order valence-corrected chi connectivity index (χ3v) is 3.45. The van der Waals surface area contributed by atoms with Crippen LogP contribution in [0.15, 0.2) is 23.2 Å². The van der Waals surface area contributed by atoms with Gasteiger partial charge in [0.25, 0.3) is 0 Å². The molecule has 1 aromatic carbocycles. The summed E-state index contributed by atoms with van der Waals surface area (Å²) in [5, 5.41) is 0. The van der Waals surface area contributed by atoms with Crippen LogP contribution < -0.4 is 16.0 Å². The number of methoxy groups -OCH3 is 1. The van der Waals surface area contributed by atoms with Crippen LogP contribution in [-0.2, 0) is 0 Å². The summed E-state index contributed by atoms with van der Waals surface area (Å²) in [5.41, 5.74) is 2.90. The van der Waals surface area contributed by atoms with Gasteiger partial charge in [0.15, 0.2) is 0 Å². The van der Waals surface area contributed by atoms with Gasteiger partial charge in [-0.2, -0.15) is 0 Å². The van der Waals surface area contributed by atoms with Crippen molar-refractivity contribution in [3.05, 3.63) is 29.6 Å². The molecule has 3 N–H and O–H groups in total. The Morgan fingerprint density at radius 3 is 2.68 bits per heavy atom. The Morgan fingerprint density at radius 2 is 2.11 bits per heavy atom. The van der Waals surface area contributed by atoms with Gasteiger partial charge in [-0.15, -0.1) is 0 Å². The summed E-state index contributed by atoms with van der Waals surface area (Å²) < 4.78 is 19.0. The van der Waals surface area contributed by atoms with E-state index in [1.54, 1.807) is 12.1 Å². The minimum atomic E-state index is -0.383. The topological polar surface area (TPSA) is 59.6 Å². The Labute approximate surface area is 112 Å². The molecule has 0 aliphatic heterocycles. The zero-order valence-electron chi connectivity index (χ0n) is 11.2. The number of nitrogens with two attached hydrogens (primary N) is 1. The lowest BCUT2D eigenvalue weighted by Crippen LogP contribution is -2.33. The largest absolute Gasteiger partial charge is 0.497 e. The molecule has 0 spiro atoms. The van der Waals surface area contributed by atoms with E-state index >= 15 is 0 Å². The van der Waals surface area contributed by atoms with E-state index < -0.39 is 0 Å². The first kappa shape index (κ1) is 13.8. The van der Waals surface area contributed by atoms with Crippen LogP contribution >= 0.6 is 0 Å². The van der Waals surface area contributed by atoms with E-state index in [-0.39, 0.29) is 11.9 Å². The maximum absolute atomic E-state index is 14.0. The quantitative estimate of drug-likeness (QED) is 0.382. The molecule has 0 saturated heterocycles. The molecule has 1 aromatic rings. The fourth-order valence-corrected chi connectivity index (χ4v) is 2.39. The summed E-state index contributed by atoms with van der Waals surface area (Å²) in [6, 6.07) is 4.91. The van der Waals surface area contributed by atoms with E-state index in [1.165, 1.54) is 32.4 Å². The normalized spacial score (nSPS) is 17.3. The van der Waals surface area contributed by atoms with E-state index in [4.69, 9.17) is 10.6 Å². The number of hydrogen-bond acceptors (Lipinski definition) is 3. The van der Waals surface area contributed by atoms with Crippen LogP contribution in [0.4, 0.5) is 4.39 Å². The van der Waals surface area contributed by atoms with Gasteiger partial charge in [-0.3, -0.25) is 4.99 Å². The Hall–Kier alpha value is -1.62. The number of halogens is 1. The molecule has 19 heavy (non-hydrogen) atoms. The van der Waals surface area contributed by atoms with Gasteiger partial charge < -0.3 is 10.2 Å². The van der Waals surface area contributed by atoms with Crippen molar-refractivity contribution >= 4 is 5.84 Å². The van der Waals surface area contributed by atoms with Crippen molar-refractivity contribution in [1.29, 1.82) is 0 Å². The van der Waals surface area contributed by atoms with E-state index in [1.807, 2.05) is 0 Å². The lowest BCUT2D eigenvalue weighted by molar-refractivity contribution is 0.411. The Balaban J connectivity index is 2.23. The predicted molar refractivity (Wildman–Crippen MR) is 73.7 cm³/mol.